The maximum absolute atomic E-state index is 12.5. The van der Waals surface area contributed by atoms with Crippen LogP contribution < -0.4 is 15.6 Å². The lowest BCUT2D eigenvalue weighted by Crippen LogP contribution is -2.45. The zero-order valence-corrected chi connectivity index (χ0v) is 15.0. The second-order valence-corrected chi connectivity index (χ2v) is 6.31. The quantitative estimate of drug-likeness (QED) is 0.842. The molecule has 2 aromatic rings. The Morgan fingerprint density at radius 2 is 2.00 bits per heavy atom. The van der Waals surface area contributed by atoms with Gasteiger partial charge in [-0.1, -0.05) is 0 Å². The highest BCUT2D eigenvalue weighted by Crippen LogP contribution is 2.22. The molecule has 1 unspecified atom stereocenters. The Morgan fingerprint density at radius 3 is 2.60 bits per heavy atom. The molecule has 0 saturated heterocycles. The third-order valence-electron chi connectivity index (χ3n) is 3.88. The summed E-state index contributed by atoms with van der Waals surface area (Å²) in [6, 6.07) is 8.52. The smallest absolute Gasteiger partial charge is 0.257 e. The molecule has 6 nitrogen and oxygen atoms in total. The molecule has 0 saturated carbocycles. The Labute approximate surface area is 147 Å². The van der Waals surface area contributed by atoms with Crippen LogP contribution in [0.2, 0.25) is 0 Å². The first-order valence-corrected chi connectivity index (χ1v) is 8.17. The summed E-state index contributed by atoms with van der Waals surface area (Å²) in [7, 11) is 0. The highest BCUT2D eigenvalue weighted by atomic mass is 16.5. The van der Waals surface area contributed by atoms with Crippen molar-refractivity contribution in [2.45, 2.75) is 39.8 Å². The van der Waals surface area contributed by atoms with Crippen LogP contribution in [0.5, 0.6) is 5.75 Å². The fourth-order valence-electron chi connectivity index (χ4n) is 2.43. The Bertz CT molecular complexity index is 824. The molecule has 2 rings (SSSR count). The van der Waals surface area contributed by atoms with E-state index < -0.39 is 11.5 Å². The summed E-state index contributed by atoms with van der Waals surface area (Å²) in [4.78, 5) is 24.4. The molecule has 1 atom stereocenters. The number of amides is 1. The fourth-order valence-corrected chi connectivity index (χ4v) is 2.43. The zero-order valence-electron chi connectivity index (χ0n) is 15.0. The summed E-state index contributed by atoms with van der Waals surface area (Å²) in [5.41, 5.74) is 0.248. The summed E-state index contributed by atoms with van der Waals surface area (Å²) < 4.78 is 6.73. The first kappa shape index (κ1) is 18.7. The van der Waals surface area contributed by atoms with Gasteiger partial charge in [0.15, 0.2) is 5.60 Å². The van der Waals surface area contributed by atoms with Gasteiger partial charge in [0.05, 0.1) is 13.2 Å². The van der Waals surface area contributed by atoms with Gasteiger partial charge in [-0.3, -0.25) is 9.59 Å². The van der Waals surface area contributed by atoms with Gasteiger partial charge in [-0.2, -0.15) is 0 Å². The number of carbonyl (C=O) groups excluding carboxylic acids is 1. The number of carbonyl (C=O) groups is 1. The third kappa shape index (κ3) is 4.70. The van der Waals surface area contributed by atoms with Gasteiger partial charge in [0.1, 0.15) is 5.75 Å². The van der Waals surface area contributed by atoms with Gasteiger partial charge in [0, 0.05) is 18.0 Å². The number of aromatic nitrogens is 1. The van der Waals surface area contributed by atoms with Crippen LogP contribution in [0.1, 0.15) is 25.0 Å². The van der Waals surface area contributed by atoms with Crippen molar-refractivity contribution in [3.63, 3.8) is 0 Å². The van der Waals surface area contributed by atoms with Crippen molar-refractivity contribution in [2.75, 3.05) is 11.9 Å². The topological polar surface area (TPSA) is 80.6 Å². The molecule has 1 aromatic heterocycles. The minimum Gasteiger partial charge on any atom is -0.494 e. The molecule has 0 aliphatic carbocycles. The van der Waals surface area contributed by atoms with Gasteiger partial charge in [-0.25, -0.2) is 0 Å². The predicted molar refractivity (Wildman–Crippen MR) is 97.0 cm³/mol. The molecular formula is C19H24N2O4. The van der Waals surface area contributed by atoms with E-state index in [4.69, 9.17) is 4.74 Å². The van der Waals surface area contributed by atoms with E-state index in [2.05, 4.69) is 5.32 Å². The number of anilines is 1. The molecule has 1 heterocycles. The van der Waals surface area contributed by atoms with Crippen molar-refractivity contribution in [3.05, 3.63) is 58.0 Å². The number of hydrogen-bond donors (Lipinski definition) is 2. The van der Waals surface area contributed by atoms with Gasteiger partial charge >= 0.3 is 0 Å². The molecule has 0 aliphatic rings. The van der Waals surface area contributed by atoms with Crippen LogP contribution in [-0.2, 0) is 11.3 Å². The van der Waals surface area contributed by atoms with Gasteiger partial charge in [0.25, 0.3) is 11.5 Å². The number of pyridine rings is 1. The highest BCUT2D eigenvalue weighted by Gasteiger charge is 2.31. The molecule has 0 bridgehead atoms. The number of hydrogen-bond acceptors (Lipinski definition) is 4. The van der Waals surface area contributed by atoms with Gasteiger partial charge < -0.3 is 19.7 Å². The molecular weight excluding hydrogens is 320 g/mol. The van der Waals surface area contributed by atoms with Crippen LogP contribution in [0.25, 0.3) is 0 Å². The molecule has 134 valence electrons. The van der Waals surface area contributed by atoms with E-state index in [1.807, 2.05) is 26.8 Å². The van der Waals surface area contributed by atoms with E-state index in [-0.39, 0.29) is 12.1 Å². The number of aryl methyl sites for hydroxylation is 2. The number of rotatable bonds is 6. The zero-order chi connectivity index (χ0) is 18.6. The maximum atomic E-state index is 12.5. The first-order valence-electron chi connectivity index (χ1n) is 8.17. The third-order valence-corrected chi connectivity index (χ3v) is 3.88. The molecule has 2 N–H and O–H groups in total. The first-order chi connectivity index (χ1) is 11.7. The summed E-state index contributed by atoms with van der Waals surface area (Å²) in [6.45, 7) is 7.37. The van der Waals surface area contributed by atoms with Crippen molar-refractivity contribution in [1.29, 1.82) is 0 Å². The maximum Gasteiger partial charge on any atom is 0.257 e. The van der Waals surface area contributed by atoms with Crippen LogP contribution in [-0.4, -0.2) is 27.8 Å². The number of aliphatic hydroxyl groups is 1. The lowest BCUT2D eigenvalue weighted by molar-refractivity contribution is -0.133. The SMILES string of the molecule is CCOc1ccc(NC(=O)C(C)(O)Cn2ccc(C)cc2=O)c(C)c1. The van der Waals surface area contributed by atoms with Crippen molar-refractivity contribution in [3.8, 4) is 5.75 Å². The van der Waals surface area contributed by atoms with E-state index in [1.54, 1.807) is 24.4 Å². The standard InChI is InChI=1S/C19H24N2O4/c1-5-25-15-6-7-16(14(3)11-15)20-18(23)19(4,24)12-21-9-8-13(2)10-17(21)22/h6-11,24H,5,12H2,1-4H3,(H,20,23). The Hall–Kier alpha value is -2.60. The predicted octanol–water partition coefficient (Wildman–Crippen LogP) is 2.25. The van der Waals surface area contributed by atoms with Crippen molar-refractivity contribution in [1.82, 2.24) is 4.57 Å². The van der Waals surface area contributed by atoms with E-state index in [1.165, 1.54) is 17.6 Å². The second kappa shape index (κ2) is 7.53. The molecule has 25 heavy (non-hydrogen) atoms. The highest BCUT2D eigenvalue weighted by molar-refractivity contribution is 5.97. The molecule has 0 radical (unpaired) electrons. The van der Waals surface area contributed by atoms with Crippen LogP contribution >= 0.6 is 0 Å². The molecule has 1 amide bonds. The van der Waals surface area contributed by atoms with Crippen LogP contribution in [0.4, 0.5) is 5.69 Å². The largest absolute Gasteiger partial charge is 0.494 e. The Morgan fingerprint density at radius 1 is 1.28 bits per heavy atom. The van der Waals surface area contributed by atoms with E-state index >= 15 is 0 Å². The molecule has 1 aromatic carbocycles. The van der Waals surface area contributed by atoms with Gasteiger partial charge in [0.2, 0.25) is 0 Å². The van der Waals surface area contributed by atoms with E-state index in [9.17, 15) is 14.7 Å². The average Bonchev–Trinajstić information content (AvgIpc) is 2.53. The molecule has 6 heteroatoms. The molecule has 0 fully saturated rings. The number of nitrogens with one attached hydrogen (secondary N) is 1. The van der Waals surface area contributed by atoms with Gasteiger partial charge in [-0.05, 0) is 63.1 Å². The van der Waals surface area contributed by atoms with Crippen molar-refractivity contribution < 1.29 is 14.6 Å². The Balaban J connectivity index is 2.14. The molecule has 0 spiro atoms. The normalized spacial score (nSPS) is 13.2. The van der Waals surface area contributed by atoms with Crippen molar-refractivity contribution in [2.24, 2.45) is 0 Å². The second-order valence-electron chi connectivity index (χ2n) is 6.31. The number of nitrogens with zero attached hydrogens (tertiary/aromatic N) is 1. The monoisotopic (exact) mass is 344 g/mol. The Kier molecular flexibility index (Phi) is 5.64. The molecule has 0 aliphatic heterocycles. The fraction of sp³-hybridized carbons (Fsp3) is 0.368. The lowest BCUT2D eigenvalue weighted by atomic mass is 10.1. The summed E-state index contributed by atoms with van der Waals surface area (Å²) in [5.74, 6) is 0.142. The average molecular weight is 344 g/mol. The van der Waals surface area contributed by atoms with E-state index in [0.717, 1.165) is 16.9 Å². The van der Waals surface area contributed by atoms with Crippen LogP contribution in [0, 0.1) is 13.8 Å². The van der Waals surface area contributed by atoms with E-state index in [0.29, 0.717) is 12.3 Å². The number of benzene rings is 1. The summed E-state index contributed by atoms with van der Waals surface area (Å²) >= 11 is 0. The minimum atomic E-state index is -1.73. The van der Waals surface area contributed by atoms with Gasteiger partial charge in [-0.15, -0.1) is 0 Å². The summed E-state index contributed by atoms with van der Waals surface area (Å²) in [6.07, 6.45) is 1.57. The van der Waals surface area contributed by atoms with Crippen molar-refractivity contribution >= 4 is 11.6 Å². The number of ether oxygens (including phenoxy) is 1. The lowest BCUT2D eigenvalue weighted by Gasteiger charge is -2.24. The minimum absolute atomic E-state index is 0.131. The summed E-state index contributed by atoms with van der Waals surface area (Å²) in [5, 5.41) is 13.2. The van der Waals surface area contributed by atoms with Crippen LogP contribution in [0.15, 0.2) is 41.3 Å². The van der Waals surface area contributed by atoms with Crippen LogP contribution in [0.3, 0.4) is 0 Å².